The molecule has 4 heteroatoms. The van der Waals surface area contributed by atoms with E-state index in [0.29, 0.717) is 17.7 Å². The van der Waals surface area contributed by atoms with Gasteiger partial charge in [-0.05, 0) is 13.3 Å². The summed E-state index contributed by atoms with van der Waals surface area (Å²) in [6.45, 7) is 3.37. The minimum Gasteiger partial charge on any atom is -0.361 e. The Labute approximate surface area is 81.2 Å². The zero-order valence-corrected chi connectivity index (χ0v) is 8.10. The Morgan fingerprint density at radius 1 is 1.71 bits per heavy atom. The van der Waals surface area contributed by atoms with Crippen LogP contribution in [0.1, 0.15) is 30.5 Å². The molecule has 1 unspecified atom stereocenters. The number of hydrogen-bond donors (Lipinski definition) is 1. The molecule has 14 heavy (non-hydrogen) atoms. The minimum atomic E-state index is -0.806. The Hall–Kier alpha value is -1.63. The summed E-state index contributed by atoms with van der Waals surface area (Å²) in [4.78, 5) is 13.9. The van der Waals surface area contributed by atoms with Gasteiger partial charge in [-0.1, -0.05) is 6.92 Å². The summed E-state index contributed by atoms with van der Waals surface area (Å²) in [7, 11) is 0. The van der Waals surface area contributed by atoms with Crippen LogP contribution in [0.2, 0.25) is 0 Å². The van der Waals surface area contributed by atoms with Crippen molar-refractivity contribution >= 4 is 0 Å². The fraction of sp³-hybridized carbons (Fsp3) is 0.400. The van der Waals surface area contributed by atoms with E-state index in [1.165, 1.54) is 6.92 Å². The Morgan fingerprint density at radius 3 is 2.86 bits per heavy atom. The molecule has 1 heterocycles. The highest BCUT2D eigenvalue weighted by Gasteiger charge is 2.14. The van der Waals surface area contributed by atoms with Gasteiger partial charge < -0.3 is 4.98 Å². The van der Waals surface area contributed by atoms with Gasteiger partial charge in [-0.15, -0.1) is 0 Å². The van der Waals surface area contributed by atoms with Crippen molar-refractivity contribution in [3.05, 3.63) is 33.5 Å². The van der Waals surface area contributed by atoms with Crippen molar-refractivity contribution in [2.75, 3.05) is 0 Å². The minimum absolute atomic E-state index is 0.290. The molecule has 1 aromatic heterocycles. The zero-order valence-electron chi connectivity index (χ0n) is 8.10. The van der Waals surface area contributed by atoms with E-state index >= 15 is 0 Å². The maximum atomic E-state index is 12.8. The van der Waals surface area contributed by atoms with Gasteiger partial charge in [0.15, 0.2) is 5.82 Å². The van der Waals surface area contributed by atoms with E-state index in [0.717, 1.165) is 6.20 Å². The van der Waals surface area contributed by atoms with Gasteiger partial charge in [0.25, 0.3) is 0 Å². The SMILES string of the molecule is CCC(C#N)c1[nH]cc(F)c(=O)c1C. The van der Waals surface area contributed by atoms with Crippen LogP contribution in [0.15, 0.2) is 11.0 Å². The molecule has 0 amide bonds. The van der Waals surface area contributed by atoms with Crippen LogP contribution in [0.25, 0.3) is 0 Å². The molecule has 0 saturated heterocycles. The van der Waals surface area contributed by atoms with E-state index in [-0.39, 0.29) is 5.92 Å². The van der Waals surface area contributed by atoms with E-state index < -0.39 is 11.2 Å². The number of nitrogens with one attached hydrogen (secondary N) is 1. The van der Waals surface area contributed by atoms with Crippen molar-refractivity contribution in [2.45, 2.75) is 26.2 Å². The van der Waals surface area contributed by atoms with E-state index in [2.05, 4.69) is 11.1 Å². The second-order valence-electron chi connectivity index (χ2n) is 3.09. The van der Waals surface area contributed by atoms with Crippen molar-refractivity contribution in [2.24, 2.45) is 0 Å². The summed E-state index contributed by atoms with van der Waals surface area (Å²) in [6.07, 6.45) is 1.60. The van der Waals surface area contributed by atoms with Gasteiger partial charge in [-0.3, -0.25) is 4.79 Å². The molecule has 0 aliphatic carbocycles. The molecule has 1 aromatic rings. The third-order valence-corrected chi connectivity index (χ3v) is 2.23. The number of H-pyrrole nitrogens is 1. The Bertz CT molecular complexity index is 431. The molecule has 1 N–H and O–H groups in total. The number of aromatic amines is 1. The molecular formula is C10H11FN2O. The number of pyridine rings is 1. The van der Waals surface area contributed by atoms with Crippen molar-refractivity contribution < 1.29 is 4.39 Å². The molecule has 0 aliphatic heterocycles. The van der Waals surface area contributed by atoms with Gasteiger partial charge in [0, 0.05) is 17.5 Å². The number of halogens is 1. The molecular weight excluding hydrogens is 183 g/mol. The van der Waals surface area contributed by atoms with E-state index in [1.54, 1.807) is 0 Å². The maximum absolute atomic E-state index is 12.8. The number of hydrogen-bond acceptors (Lipinski definition) is 2. The third kappa shape index (κ3) is 1.67. The predicted octanol–water partition coefficient (Wildman–Crippen LogP) is 1.84. The average Bonchev–Trinajstić information content (AvgIpc) is 2.19. The standard InChI is InChI=1S/C10H11FN2O/c1-3-7(4-12)9-6(2)10(14)8(11)5-13-9/h5,7H,3H2,1-2H3,(H,13,14). The lowest BCUT2D eigenvalue weighted by Crippen LogP contribution is -2.16. The van der Waals surface area contributed by atoms with Crippen LogP contribution in [0.5, 0.6) is 0 Å². The Kier molecular flexibility index (Phi) is 3.03. The lowest BCUT2D eigenvalue weighted by molar-refractivity contribution is 0.603. The fourth-order valence-corrected chi connectivity index (χ4v) is 1.34. The van der Waals surface area contributed by atoms with Crippen molar-refractivity contribution in [1.82, 2.24) is 4.98 Å². The first-order valence-electron chi connectivity index (χ1n) is 4.39. The zero-order chi connectivity index (χ0) is 10.7. The van der Waals surface area contributed by atoms with Crippen molar-refractivity contribution in [1.29, 1.82) is 5.26 Å². The van der Waals surface area contributed by atoms with Crippen molar-refractivity contribution in [3.63, 3.8) is 0 Å². The lowest BCUT2D eigenvalue weighted by atomic mass is 9.99. The van der Waals surface area contributed by atoms with Gasteiger partial charge in [-0.25, -0.2) is 4.39 Å². The topological polar surface area (TPSA) is 56.6 Å². The normalized spacial score (nSPS) is 12.1. The Balaban J connectivity index is 3.32. The predicted molar refractivity (Wildman–Crippen MR) is 50.4 cm³/mol. The van der Waals surface area contributed by atoms with Gasteiger partial charge in [0.2, 0.25) is 5.43 Å². The Morgan fingerprint density at radius 2 is 2.36 bits per heavy atom. The van der Waals surface area contributed by atoms with Crippen LogP contribution in [0, 0.1) is 24.1 Å². The quantitative estimate of drug-likeness (QED) is 0.780. The highest BCUT2D eigenvalue weighted by Crippen LogP contribution is 2.17. The fourth-order valence-electron chi connectivity index (χ4n) is 1.34. The third-order valence-electron chi connectivity index (χ3n) is 2.23. The summed E-state index contributed by atoms with van der Waals surface area (Å²) in [5, 5.41) is 8.80. The molecule has 0 radical (unpaired) electrons. The smallest absolute Gasteiger partial charge is 0.220 e. The van der Waals surface area contributed by atoms with Gasteiger partial charge in [0.05, 0.1) is 12.0 Å². The molecule has 0 bridgehead atoms. The van der Waals surface area contributed by atoms with Gasteiger partial charge in [0.1, 0.15) is 0 Å². The summed E-state index contributed by atoms with van der Waals surface area (Å²) >= 11 is 0. The summed E-state index contributed by atoms with van der Waals surface area (Å²) in [5.41, 5.74) is 0.173. The van der Waals surface area contributed by atoms with Gasteiger partial charge >= 0.3 is 0 Å². The van der Waals surface area contributed by atoms with Crippen LogP contribution in [-0.2, 0) is 0 Å². The number of aromatic nitrogens is 1. The second-order valence-corrected chi connectivity index (χ2v) is 3.09. The van der Waals surface area contributed by atoms with Crippen LogP contribution >= 0.6 is 0 Å². The highest BCUT2D eigenvalue weighted by atomic mass is 19.1. The van der Waals surface area contributed by atoms with Crippen molar-refractivity contribution in [3.8, 4) is 6.07 Å². The van der Waals surface area contributed by atoms with E-state index in [9.17, 15) is 9.18 Å². The van der Waals surface area contributed by atoms with Crippen LogP contribution in [0.3, 0.4) is 0 Å². The highest BCUT2D eigenvalue weighted by molar-refractivity contribution is 5.26. The molecule has 1 rings (SSSR count). The van der Waals surface area contributed by atoms with E-state index in [4.69, 9.17) is 5.26 Å². The molecule has 74 valence electrons. The molecule has 0 spiro atoms. The second kappa shape index (κ2) is 4.05. The summed E-state index contributed by atoms with van der Waals surface area (Å²) in [6, 6.07) is 2.06. The first kappa shape index (κ1) is 10.5. The first-order valence-corrected chi connectivity index (χ1v) is 4.39. The monoisotopic (exact) mass is 194 g/mol. The van der Waals surface area contributed by atoms with Crippen LogP contribution in [-0.4, -0.2) is 4.98 Å². The summed E-state index contributed by atoms with van der Waals surface area (Å²) < 4.78 is 12.8. The lowest BCUT2D eigenvalue weighted by Gasteiger charge is -2.08. The van der Waals surface area contributed by atoms with Crippen LogP contribution < -0.4 is 5.43 Å². The first-order chi connectivity index (χ1) is 6.61. The number of nitriles is 1. The maximum Gasteiger partial charge on any atom is 0.220 e. The molecule has 0 aromatic carbocycles. The molecule has 0 fully saturated rings. The van der Waals surface area contributed by atoms with Crippen LogP contribution in [0.4, 0.5) is 4.39 Å². The number of nitrogens with zero attached hydrogens (tertiary/aromatic N) is 1. The van der Waals surface area contributed by atoms with E-state index in [1.807, 2.05) is 6.92 Å². The van der Waals surface area contributed by atoms with Gasteiger partial charge in [-0.2, -0.15) is 5.26 Å². The largest absolute Gasteiger partial charge is 0.361 e. The molecule has 0 saturated carbocycles. The molecule has 3 nitrogen and oxygen atoms in total. The molecule has 0 aliphatic rings. The molecule has 1 atom stereocenters. The average molecular weight is 194 g/mol. The number of rotatable bonds is 2. The summed E-state index contributed by atoms with van der Waals surface area (Å²) in [5.74, 6) is -1.18.